The number of carbonyl (C=O) groups excluding carboxylic acids is 1. The van der Waals surface area contributed by atoms with Crippen LogP contribution in [0.25, 0.3) is 0 Å². The number of hydrogen-bond donors (Lipinski definition) is 2. The van der Waals surface area contributed by atoms with Gasteiger partial charge in [0.25, 0.3) is 0 Å². The van der Waals surface area contributed by atoms with Crippen LogP contribution < -0.4 is 11.1 Å². The molecule has 4 heteroatoms. The van der Waals surface area contributed by atoms with Crippen LogP contribution in [-0.2, 0) is 4.79 Å². The number of nitrogens with two attached hydrogens (primary N) is 1. The van der Waals surface area contributed by atoms with E-state index in [4.69, 9.17) is 5.73 Å². The molecule has 0 aliphatic carbocycles. The van der Waals surface area contributed by atoms with E-state index in [9.17, 15) is 4.79 Å². The van der Waals surface area contributed by atoms with Gasteiger partial charge in [-0.2, -0.15) is 0 Å². The van der Waals surface area contributed by atoms with E-state index < -0.39 is 0 Å². The lowest BCUT2D eigenvalue weighted by Crippen LogP contribution is -2.12. The summed E-state index contributed by atoms with van der Waals surface area (Å²) in [6.07, 6.45) is 1.35. The number of rotatable bonds is 3. The van der Waals surface area contributed by atoms with Gasteiger partial charge in [0, 0.05) is 10.9 Å². The maximum absolute atomic E-state index is 11.4. The number of halogens is 1. The lowest BCUT2D eigenvalue weighted by molar-refractivity contribution is -0.116. The van der Waals surface area contributed by atoms with Crippen LogP contribution in [0.2, 0.25) is 0 Å². The van der Waals surface area contributed by atoms with Gasteiger partial charge in [-0.3, -0.25) is 4.79 Å². The summed E-state index contributed by atoms with van der Waals surface area (Å²) in [7, 11) is 0. The van der Waals surface area contributed by atoms with Crippen molar-refractivity contribution in [1.29, 1.82) is 0 Å². The van der Waals surface area contributed by atoms with Crippen LogP contribution in [-0.4, -0.2) is 5.91 Å². The Balaban J connectivity index is 2.89. The standard InChI is InChI=1S/C11H15BrN2O/c1-3-4-10(15)14-9-6-8(12)5-7(2)11(9)13/h5-6H,3-4,13H2,1-2H3,(H,14,15). The molecule has 3 N–H and O–H groups in total. The summed E-state index contributed by atoms with van der Waals surface area (Å²) in [5.74, 6) is 0.00157. The van der Waals surface area contributed by atoms with Gasteiger partial charge >= 0.3 is 0 Å². The van der Waals surface area contributed by atoms with E-state index in [1.54, 1.807) is 0 Å². The van der Waals surface area contributed by atoms with E-state index in [1.165, 1.54) is 0 Å². The summed E-state index contributed by atoms with van der Waals surface area (Å²) in [5.41, 5.74) is 8.12. The third kappa shape index (κ3) is 3.23. The summed E-state index contributed by atoms with van der Waals surface area (Å²) in [6.45, 7) is 3.88. The van der Waals surface area contributed by atoms with E-state index in [0.29, 0.717) is 17.8 Å². The molecule has 1 amide bonds. The molecule has 15 heavy (non-hydrogen) atoms. The highest BCUT2D eigenvalue weighted by Crippen LogP contribution is 2.27. The van der Waals surface area contributed by atoms with Crippen LogP contribution in [0.1, 0.15) is 25.3 Å². The Morgan fingerprint density at radius 1 is 1.53 bits per heavy atom. The average Bonchev–Trinajstić information content (AvgIpc) is 2.13. The Labute approximate surface area is 98.2 Å². The second-order valence-corrected chi connectivity index (χ2v) is 4.40. The maximum atomic E-state index is 11.4. The lowest BCUT2D eigenvalue weighted by Gasteiger charge is -2.10. The Hall–Kier alpha value is -1.03. The minimum Gasteiger partial charge on any atom is -0.397 e. The summed E-state index contributed by atoms with van der Waals surface area (Å²) in [5, 5.41) is 2.80. The van der Waals surface area contributed by atoms with Crippen molar-refractivity contribution in [3.05, 3.63) is 22.2 Å². The van der Waals surface area contributed by atoms with E-state index >= 15 is 0 Å². The van der Waals surface area contributed by atoms with Gasteiger partial charge in [0.1, 0.15) is 0 Å². The molecular formula is C11H15BrN2O. The second-order valence-electron chi connectivity index (χ2n) is 3.48. The number of amides is 1. The van der Waals surface area contributed by atoms with E-state index in [2.05, 4.69) is 21.2 Å². The first-order valence-electron chi connectivity index (χ1n) is 4.90. The van der Waals surface area contributed by atoms with E-state index in [1.807, 2.05) is 26.0 Å². The second kappa shape index (κ2) is 5.16. The molecule has 0 heterocycles. The molecule has 0 saturated carbocycles. The number of anilines is 2. The van der Waals surface area contributed by atoms with Gasteiger partial charge in [-0.25, -0.2) is 0 Å². The zero-order chi connectivity index (χ0) is 11.4. The molecule has 0 bridgehead atoms. The van der Waals surface area contributed by atoms with Crippen LogP contribution in [0, 0.1) is 6.92 Å². The fraction of sp³-hybridized carbons (Fsp3) is 0.364. The summed E-state index contributed by atoms with van der Waals surface area (Å²) < 4.78 is 0.918. The van der Waals surface area contributed by atoms with Crippen molar-refractivity contribution < 1.29 is 4.79 Å². The molecule has 0 unspecified atom stereocenters. The molecule has 82 valence electrons. The molecule has 1 aromatic rings. The third-order valence-electron chi connectivity index (χ3n) is 2.10. The van der Waals surface area contributed by atoms with Gasteiger partial charge in [-0.15, -0.1) is 0 Å². The van der Waals surface area contributed by atoms with Gasteiger partial charge in [0.05, 0.1) is 11.4 Å². The fourth-order valence-electron chi connectivity index (χ4n) is 1.30. The largest absolute Gasteiger partial charge is 0.397 e. The molecular weight excluding hydrogens is 256 g/mol. The van der Waals surface area contributed by atoms with Gasteiger partial charge < -0.3 is 11.1 Å². The number of hydrogen-bond acceptors (Lipinski definition) is 2. The Kier molecular flexibility index (Phi) is 4.15. The first kappa shape index (κ1) is 12.0. The fourth-order valence-corrected chi connectivity index (χ4v) is 1.87. The first-order valence-corrected chi connectivity index (χ1v) is 5.69. The summed E-state index contributed by atoms with van der Waals surface area (Å²) >= 11 is 3.37. The Morgan fingerprint density at radius 2 is 2.20 bits per heavy atom. The number of benzene rings is 1. The van der Waals surface area contributed by atoms with Gasteiger partial charge in [-0.1, -0.05) is 22.9 Å². The molecule has 1 rings (SSSR count). The minimum absolute atomic E-state index is 0.00157. The maximum Gasteiger partial charge on any atom is 0.224 e. The van der Waals surface area contributed by atoms with Crippen molar-refractivity contribution >= 4 is 33.2 Å². The number of carbonyl (C=O) groups is 1. The summed E-state index contributed by atoms with van der Waals surface area (Å²) in [6, 6.07) is 3.74. The van der Waals surface area contributed by atoms with Crippen molar-refractivity contribution in [3.63, 3.8) is 0 Å². The number of aryl methyl sites for hydroxylation is 1. The Morgan fingerprint density at radius 3 is 2.80 bits per heavy atom. The number of nitrogen functional groups attached to an aromatic ring is 1. The quantitative estimate of drug-likeness (QED) is 0.830. The summed E-state index contributed by atoms with van der Waals surface area (Å²) in [4.78, 5) is 11.4. The van der Waals surface area contributed by atoms with Crippen LogP contribution >= 0.6 is 15.9 Å². The monoisotopic (exact) mass is 270 g/mol. The SMILES string of the molecule is CCCC(=O)Nc1cc(Br)cc(C)c1N. The molecule has 3 nitrogen and oxygen atoms in total. The number of nitrogens with one attached hydrogen (secondary N) is 1. The van der Waals surface area contributed by atoms with Crippen molar-refractivity contribution in [2.24, 2.45) is 0 Å². The molecule has 0 saturated heterocycles. The average molecular weight is 271 g/mol. The zero-order valence-corrected chi connectivity index (χ0v) is 10.5. The van der Waals surface area contributed by atoms with Crippen LogP contribution in [0.4, 0.5) is 11.4 Å². The van der Waals surface area contributed by atoms with Gasteiger partial charge in [0.2, 0.25) is 5.91 Å². The molecule has 0 spiro atoms. The highest BCUT2D eigenvalue weighted by atomic mass is 79.9. The van der Waals surface area contributed by atoms with Gasteiger partial charge in [-0.05, 0) is 31.0 Å². The smallest absolute Gasteiger partial charge is 0.224 e. The Bertz CT molecular complexity index is 377. The van der Waals surface area contributed by atoms with E-state index in [-0.39, 0.29) is 5.91 Å². The van der Waals surface area contributed by atoms with Crippen LogP contribution in [0.5, 0.6) is 0 Å². The molecule has 0 aliphatic rings. The molecule has 1 aromatic carbocycles. The van der Waals surface area contributed by atoms with Crippen molar-refractivity contribution in [3.8, 4) is 0 Å². The highest BCUT2D eigenvalue weighted by Gasteiger charge is 2.07. The predicted octanol–water partition coefficient (Wildman–Crippen LogP) is 3.08. The van der Waals surface area contributed by atoms with E-state index in [0.717, 1.165) is 16.5 Å². The minimum atomic E-state index is 0.00157. The first-order chi connectivity index (χ1) is 7.04. The van der Waals surface area contributed by atoms with Crippen LogP contribution in [0.3, 0.4) is 0 Å². The van der Waals surface area contributed by atoms with Crippen molar-refractivity contribution in [2.75, 3.05) is 11.1 Å². The highest BCUT2D eigenvalue weighted by molar-refractivity contribution is 9.10. The molecule has 0 atom stereocenters. The predicted molar refractivity (Wildman–Crippen MR) is 66.8 cm³/mol. The van der Waals surface area contributed by atoms with Crippen LogP contribution in [0.15, 0.2) is 16.6 Å². The zero-order valence-electron chi connectivity index (χ0n) is 8.93. The third-order valence-corrected chi connectivity index (χ3v) is 2.56. The molecule has 0 radical (unpaired) electrons. The topological polar surface area (TPSA) is 55.1 Å². The molecule has 0 aliphatic heterocycles. The van der Waals surface area contributed by atoms with Gasteiger partial charge in [0.15, 0.2) is 0 Å². The lowest BCUT2D eigenvalue weighted by atomic mass is 10.1. The molecule has 0 fully saturated rings. The normalized spacial score (nSPS) is 10.1. The van der Waals surface area contributed by atoms with Crippen molar-refractivity contribution in [2.45, 2.75) is 26.7 Å². The van der Waals surface area contributed by atoms with Crippen molar-refractivity contribution in [1.82, 2.24) is 0 Å². The molecule has 0 aromatic heterocycles.